The average molecular weight is 1180 g/mol. The van der Waals surface area contributed by atoms with Gasteiger partial charge in [-0.05, 0) is 176 Å². The standard InChI is InChI=1S/C64H77BrN10O5S/c1-39-55(81-38-66-39)44-15-13-43(14-16-44)54(67-57(77)52-34-46(76)36-73(52)60(80)56(62(2,3)4)74-37-49(69-70-74)42-11-12-42)59(79)72-31-27-63(28-32-72)25-19-40(20-26-63)35-71-29-21-41(22-30-71)45-17-18-47-51(33-45)75-50-10-8-9-48(65)53(50)58(78)68-61(75)64(47)23-6-5-7-24-64/h8-10,13-18,33,37-38,40-42,46,52,54,56,76H,5-7,11-12,19-32,34-36H2,1-4H3,(H,67,77)/t46-,52+,54-,56-/m1/s1. The molecule has 6 fully saturated rings. The molecule has 6 aromatic rings. The molecular formula is C64H77BrN10O5S. The van der Waals surface area contributed by atoms with Gasteiger partial charge in [-0.3, -0.25) is 23.7 Å². The van der Waals surface area contributed by atoms with Crippen molar-refractivity contribution in [2.75, 3.05) is 39.3 Å². The third-order valence-corrected chi connectivity index (χ3v) is 21.8. The van der Waals surface area contributed by atoms with Crippen molar-refractivity contribution in [2.45, 2.75) is 172 Å². The molecule has 17 heteroatoms. The molecule has 3 saturated carbocycles. The number of amides is 3. The Morgan fingerprint density at radius 2 is 1.60 bits per heavy atom. The van der Waals surface area contributed by atoms with Crippen molar-refractivity contribution < 1.29 is 19.5 Å². The first-order valence-electron chi connectivity index (χ1n) is 30.2. The van der Waals surface area contributed by atoms with E-state index in [4.69, 9.17) is 4.98 Å². The number of aromatic nitrogens is 6. The lowest BCUT2D eigenvalue weighted by Gasteiger charge is -2.47. The van der Waals surface area contributed by atoms with Crippen LogP contribution in [0.4, 0.5) is 0 Å². The van der Waals surface area contributed by atoms with Crippen molar-refractivity contribution in [1.29, 1.82) is 0 Å². The monoisotopic (exact) mass is 1180 g/mol. The maximum atomic E-state index is 15.0. The number of β-amino-alcohol motifs (C(OH)–C–C–N with tert-alkyl or cyclic N) is 1. The van der Waals surface area contributed by atoms with Crippen molar-refractivity contribution in [3.05, 3.63) is 121 Å². The molecule has 3 aromatic carbocycles. The number of carbonyl (C=O) groups is 3. The van der Waals surface area contributed by atoms with Crippen LogP contribution < -0.4 is 10.9 Å². The van der Waals surface area contributed by atoms with Gasteiger partial charge in [0.1, 0.15) is 23.9 Å². The van der Waals surface area contributed by atoms with Gasteiger partial charge in [-0.25, -0.2) is 9.67 Å². The van der Waals surface area contributed by atoms with Crippen LogP contribution in [-0.2, 0) is 19.8 Å². The third-order valence-electron chi connectivity index (χ3n) is 20.1. The number of nitrogens with one attached hydrogen (secondary N) is 1. The lowest BCUT2D eigenvalue weighted by Crippen LogP contribution is -2.53. The Balaban J connectivity index is 0.650. The number of piperidine rings is 2. The molecular weight excluding hydrogens is 1100 g/mol. The number of hydrogen-bond donors (Lipinski definition) is 2. The van der Waals surface area contributed by atoms with Crippen molar-refractivity contribution in [1.82, 2.24) is 49.5 Å². The Morgan fingerprint density at radius 3 is 2.30 bits per heavy atom. The van der Waals surface area contributed by atoms with Crippen LogP contribution >= 0.6 is 27.3 Å². The van der Waals surface area contributed by atoms with Crippen molar-refractivity contribution in [2.24, 2.45) is 16.7 Å². The second-order valence-electron chi connectivity index (χ2n) is 26.4. The quantitative estimate of drug-likeness (QED) is 0.127. The molecule has 7 heterocycles. The zero-order valence-corrected chi connectivity index (χ0v) is 49.8. The number of thiazole rings is 1. The molecule has 7 aliphatic rings. The van der Waals surface area contributed by atoms with Crippen LogP contribution in [0.3, 0.4) is 0 Å². The molecule has 426 valence electrons. The summed E-state index contributed by atoms with van der Waals surface area (Å²) in [4.78, 5) is 74.5. The van der Waals surface area contributed by atoms with Gasteiger partial charge in [0.2, 0.25) is 17.7 Å². The minimum absolute atomic E-state index is 0.0104. The second-order valence-corrected chi connectivity index (χ2v) is 28.1. The van der Waals surface area contributed by atoms with E-state index in [1.165, 1.54) is 53.8 Å². The summed E-state index contributed by atoms with van der Waals surface area (Å²) in [7, 11) is 0. The van der Waals surface area contributed by atoms with Gasteiger partial charge in [0.15, 0.2) is 0 Å². The molecule has 0 unspecified atom stereocenters. The number of hydrogen-bond acceptors (Lipinski definition) is 11. The van der Waals surface area contributed by atoms with Crippen molar-refractivity contribution in [3.63, 3.8) is 0 Å². The van der Waals surface area contributed by atoms with E-state index in [0.717, 1.165) is 121 Å². The number of fused-ring (bicyclic) bond motifs is 7. The summed E-state index contributed by atoms with van der Waals surface area (Å²) in [6.07, 6.45) is 17.6. The first-order valence-corrected chi connectivity index (χ1v) is 31.8. The topological polar surface area (TPSA) is 172 Å². The first-order chi connectivity index (χ1) is 39.1. The molecule has 4 atom stereocenters. The molecule has 3 aromatic heterocycles. The van der Waals surface area contributed by atoms with Crippen LogP contribution in [0.5, 0.6) is 0 Å². The SMILES string of the molecule is Cc1ncsc1-c1ccc([C@@H](NC(=O)[C@@H]2C[C@@H](O)CN2C(=O)[C@@H](n2cc(C3CC3)nn2)C(C)(C)C)C(=O)N2CCC3(CCC(CN4CCC(c5ccc6c(c5)-n5c(nc(=O)c7c(Br)cccc75)C65CCCCC5)CC4)CC3)CC2)cc1. The van der Waals surface area contributed by atoms with E-state index in [-0.39, 0.29) is 41.2 Å². The van der Waals surface area contributed by atoms with E-state index in [2.05, 4.69) is 70.3 Å². The number of aryl methyl sites for hydroxylation is 1. The summed E-state index contributed by atoms with van der Waals surface area (Å²) in [5, 5.41) is 23.7. The van der Waals surface area contributed by atoms with Crippen molar-refractivity contribution >= 4 is 55.9 Å². The highest BCUT2D eigenvalue weighted by Crippen LogP contribution is 2.53. The molecule has 4 aliphatic heterocycles. The minimum Gasteiger partial charge on any atom is -0.391 e. The lowest BCUT2D eigenvalue weighted by atomic mass is 9.65. The average Bonchev–Trinajstić information content (AvgIpc) is 2.51. The van der Waals surface area contributed by atoms with E-state index in [0.29, 0.717) is 41.8 Å². The van der Waals surface area contributed by atoms with Gasteiger partial charge in [0.25, 0.3) is 5.56 Å². The molecule has 15 nitrogen and oxygen atoms in total. The van der Waals surface area contributed by atoms with Gasteiger partial charge in [-0.2, -0.15) is 4.98 Å². The number of carbonyl (C=O) groups excluding carboxylic acids is 3. The summed E-state index contributed by atoms with van der Waals surface area (Å²) >= 11 is 5.25. The van der Waals surface area contributed by atoms with Gasteiger partial charge >= 0.3 is 0 Å². The van der Waals surface area contributed by atoms with E-state index >= 15 is 4.79 Å². The molecule has 3 aliphatic carbocycles. The number of aliphatic hydroxyl groups excluding tert-OH is 1. The Morgan fingerprint density at radius 1 is 0.864 bits per heavy atom. The number of rotatable bonds is 11. The van der Waals surface area contributed by atoms with E-state index in [9.17, 15) is 19.5 Å². The fourth-order valence-electron chi connectivity index (χ4n) is 15.4. The van der Waals surface area contributed by atoms with Crippen LogP contribution in [0.15, 0.2) is 81.6 Å². The fraction of sp³-hybridized carbons (Fsp3) is 0.562. The summed E-state index contributed by atoms with van der Waals surface area (Å²) in [6, 6.07) is 18.4. The number of nitrogens with zero attached hydrogens (tertiary/aromatic N) is 9. The molecule has 3 saturated heterocycles. The minimum atomic E-state index is -0.979. The highest BCUT2D eigenvalue weighted by Gasteiger charge is 2.49. The second kappa shape index (κ2) is 21.5. The predicted octanol–water partition coefficient (Wildman–Crippen LogP) is 10.7. The maximum Gasteiger partial charge on any atom is 0.281 e. The Bertz CT molecular complexity index is 3420. The van der Waals surface area contributed by atoms with E-state index in [1.54, 1.807) is 16.0 Å². The van der Waals surface area contributed by atoms with Crippen LogP contribution in [-0.4, -0.2) is 118 Å². The smallest absolute Gasteiger partial charge is 0.281 e. The number of halogens is 1. The molecule has 0 radical (unpaired) electrons. The molecule has 3 amide bonds. The molecule has 0 bridgehead atoms. The summed E-state index contributed by atoms with van der Waals surface area (Å²) in [5.41, 5.74) is 9.49. The number of benzene rings is 3. The molecule has 2 N–H and O–H groups in total. The summed E-state index contributed by atoms with van der Waals surface area (Å²) < 4.78 is 4.77. The predicted molar refractivity (Wildman–Crippen MR) is 317 cm³/mol. The van der Waals surface area contributed by atoms with E-state index < -0.39 is 35.6 Å². The summed E-state index contributed by atoms with van der Waals surface area (Å²) in [6.45, 7) is 12.5. The third kappa shape index (κ3) is 10.2. The Kier molecular flexibility index (Phi) is 14.5. The van der Waals surface area contributed by atoms with Crippen LogP contribution in [0.25, 0.3) is 27.0 Å². The van der Waals surface area contributed by atoms with Gasteiger partial charge in [-0.1, -0.05) is 87.7 Å². The summed E-state index contributed by atoms with van der Waals surface area (Å²) in [5.74, 6) is 1.54. The van der Waals surface area contributed by atoms with E-state index in [1.807, 2.05) is 80.7 Å². The normalized spacial score (nSPS) is 23.0. The maximum absolute atomic E-state index is 15.0. The van der Waals surface area contributed by atoms with Crippen molar-refractivity contribution in [3.8, 4) is 16.1 Å². The fourth-order valence-corrected chi connectivity index (χ4v) is 16.7. The zero-order chi connectivity index (χ0) is 56.0. The zero-order valence-electron chi connectivity index (χ0n) is 47.4. The highest BCUT2D eigenvalue weighted by atomic mass is 79.9. The molecule has 13 rings (SSSR count). The first kappa shape index (κ1) is 54.6. The van der Waals surface area contributed by atoms with Gasteiger partial charge in [0.05, 0.1) is 49.9 Å². The van der Waals surface area contributed by atoms with Gasteiger partial charge in [0, 0.05) is 49.2 Å². The van der Waals surface area contributed by atoms with Gasteiger partial charge in [-0.15, -0.1) is 16.4 Å². The largest absolute Gasteiger partial charge is 0.391 e. The van der Waals surface area contributed by atoms with Crippen LogP contribution in [0, 0.1) is 23.7 Å². The Labute approximate surface area is 487 Å². The number of likely N-dealkylation sites (tertiary alicyclic amines) is 3. The van der Waals surface area contributed by atoms with Crippen LogP contribution in [0.2, 0.25) is 0 Å². The highest BCUT2D eigenvalue weighted by molar-refractivity contribution is 9.10. The number of aliphatic hydroxyl groups is 1. The van der Waals surface area contributed by atoms with Gasteiger partial charge < -0.3 is 25.1 Å². The Hall–Kier alpha value is -5.62. The lowest BCUT2D eigenvalue weighted by molar-refractivity contribution is -0.145. The van der Waals surface area contributed by atoms with Crippen LogP contribution in [0.1, 0.15) is 181 Å². The molecule has 81 heavy (non-hydrogen) atoms. The molecule has 2 spiro atoms.